The van der Waals surface area contributed by atoms with Crippen LogP contribution in [-0.4, -0.2) is 31.6 Å². The van der Waals surface area contributed by atoms with Gasteiger partial charge in [-0.1, -0.05) is 0 Å². The number of hydrogen-bond acceptors (Lipinski definition) is 4. The van der Waals surface area contributed by atoms with Crippen LogP contribution in [0.3, 0.4) is 0 Å². The van der Waals surface area contributed by atoms with E-state index in [1.807, 2.05) is 0 Å². The molecule has 18 heavy (non-hydrogen) atoms. The van der Waals surface area contributed by atoms with E-state index in [2.05, 4.69) is 5.32 Å². The van der Waals surface area contributed by atoms with Crippen LogP contribution in [0.25, 0.3) is 0 Å². The van der Waals surface area contributed by atoms with Crippen LogP contribution < -0.4 is 16.8 Å². The van der Waals surface area contributed by atoms with Crippen molar-refractivity contribution >= 4 is 17.5 Å². The number of rotatable bonds is 5. The Kier molecular flexibility index (Phi) is 4.75. The lowest BCUT2D eigenvalue weighted by Crippen LogP contribution is -2.39. The van der Waals surface area contributed by atoms with Crippen molar-refractivity contribution in [2.75, 3.05) is 19.0 Å². The second-order valence-corrected chi connectivity index (χ2v) is 3.61. The summed E-state index contributed by atoms with van der Waals surface area (Å²) in [5, 5.41) is 2.43. The highest BCUT2D eigenvalue weighted by Gasteiger charge is 2.15. The van der Waals surface area contributed by atoms with Crippen molar-refractivity contribution in [1.29, 1.82) is 0 Å². The van der Waals surface area contributed by atoms with E-state index in [0.717, 1.165) is 12.1 Å². The van der Waals surface area contributed by atoms with E-state index in [0.29, 0.717) is 0 Å². The Balaban J connectivity index is 2.82. The molecule has 6 nitrogen and oxygen atoms in total. The highest BCUT2D eigenvalue weighted by Crippen LogP contribution is 2.14. The fourth-order valence-electron chi connectivity index (χ4n) is 1.28. The Morgan fingerprint density at radius 3 is 2.72 bits per heavy atom. The molecule has 1 unspecified atom stereocenters. The van der Waals surface area contributed by atoms with Gasteiger partial charge in [0.25, 0.3) is 5.91 Å². The molecule has 1 atom stereocenters. The number of benzene rings is 1. The second-order valence-electron chi connectivity index (χ2n) is 3.61. The highest BCUT2D eigenvalue weighted by atomic mass is 19.1. The zero-order chi connectivity index (χ0) is 13.7. The first-order valence-corrected chi connectivity index (χ1v) is 5.10. The van der Waals surface area contributed by atoms with Crippen LogP contribution in [0.1, 0.15) is 10.4 Å². The third-order valence-corrected chi connectivity index (χ3v) is 2.18. The summed E-state index contributed by atoms with van der Waals surface area (Å²) in [4.78, 5) is 22.5. The van der Waals surface area contributed by atoms with Gasteiger partial charge in [0.2, 0.25) is 5.91 Å². The summed E-state index contributed by atoms with van der Waals surface area (Å²) in [6.45, 7) is 0.0513. The Hall–Kier alpha value is -1.99. The molecule has 0 spiro atoms. The Bertz CT molecular complexity index is 465. The van der Waals surface area contributed by atoms with Gasteiger partial charge in [0.05, 0.1) is 12.2 Å². The van der Waals surface area contributed by atoms with Crippen molar-refractivity contribution in [1.82, 2.24) is 0 Å². The number of ether oxygens (including phenoxy) is 1. The first-order chi connectivity index (χ1) is 8.45. The smallest absolute Gasteiger partial charge is 0.251 e. The van der Waals surface area contributed by atoms with Gasteiger partial charge in [-0.25, -0.2) is 4.39 Å². The molecule has 0 aliphatic heterocycles. The lowest BCUT2D eigenvalue weighted by Gasteiger charge is -2.11. The molecule has 7 heteroatoms. The molecular formula is C11H14FN3O3. The third-order valence-electron chi connectivity index (χ3n) is 2.18. The largest absolute Gasteiger partial charge is 0.383 e. The zero-order valence-corrected chi connectivity index (χ0v) is 9.77. The molecular weight excluding hydrogens is 241 g/mol. The molecule has 0 fully saturated rings. The normalized spacial score (nSPS) is 11.9. The van der Waals surface area contributed by atoms with Crippen LogP contribution in [0.15, 0.2) is 18.2 Å². The maximum Gasteiger partial charge on any atom is 0.251 e. The minimum atomic E-state index is -0.912. The SMILES string of the molecule is COCC(N)C(=O)Nc1ccc(F)c(C(N)=O)c1. The van der Waals surface area contributed by atoms with E-state index < -0.39 is 23.7 Å². The molecule has 1 rings (SSSR count). The maximum absolute atomic E-state index is 13.2. The van der Waals surface area contributed by atoms with E-state index in [-0.39, 0.29) is 17.9 Å². The van der Waals surface area contributed by atoms with Crippen LogP contribution in [0.2, 0.25) is 0 Å². The molecule has 0 bridgehead atoms. The standard InChI is InChI=1S/C11H14FN3O3/c1-18-5-9(13)11(17)15-6-2-3-8(12)7(4-6)10(14)16/h2-4,9H,5,13H2,1H3,(H2,14,16)(H,15,17). The number of amides is 2. The van der Waals surface area contributed by atoms with Crippen LogP contribution in [0, 0.1) is 5.82 Å². The average molecular weight is 255 g/mol. The van der Waals surface area contributed by atoms with E-state index in [1.165, 1.54) is 13.2 Å². The van der Waals surface area contributed by atoms with E-state index >= 15 is 0 Å². The third kappa shape index (κ3) is 3.51. The number of nitrogens with one attached hydrogen (secondary N) is 1. The van der Waals surface area contributed by atoms with Gasteiger partial charge in [-0.2, -0.15) is 0 Å². The molecule has 98 valence electrons. The molecule has 1 aromatic rings. The number of nitrogens with two attached hydrogens (primary N) is 2. The summed E-state index contributed by atoms with van der Waals surface area (Å²) >= 11 is 0. The van der Waals surface area contributed by atoms with E-state index in [4.69, 9.17) is 16.2 Å². The molecule has 1 aromatic carbocycles. The van der Waals surface area contributed by atoms with Crippen molar-refractivity contribution in [3.05, 3.63) is 29.6 Å². The van der Waals surface area contributed by atoms with Gasteiger partial charge in [0, 0.05) is 12.8 Å². The summed E-state index contributed by atoms with van der Waals surface area (Å²) in [6.07, 6.45) is 0. The summed E-state index contributed by atoms with van der Waals surface area (Å²) < 4.78 is 17.9. The molecule has 0 aliphatic rings. The van der Waals surface area contributed by atoms with Crippen LogP contribution in [0.5, 0.6) is 0 Å². The number of carbonyl (C=O) groups is 2. The van der Waals surface area contributed by atoms with Crippen LogP contribution >= 0.6 is 0 Å². The lowest BCUT2D eigenvalue weighted by atomic mass is 10.1. The van der Waals surface area contributed by atoms with Gasteiger partial charge in [0.15, 0.2) is 0 Å². The summed E-state index contributed by atoms with van der Waals surface area (Å²) in [5.74, 6) is -2.16. The maximum atomic E-state index is 13.2. The van der Waals surface area contributed by atoms with Crippen molar-refractivity contribution in [3.8, 4) is 0 Å². The molecule has 5 N–H and O–H groups in total. The van der Waals surface area contributed by atoms with Crippen LogP contribution in [0.4, 0.5) is 10.1 Å². The predicted molar refractivity (Wildman–Crippen MR) is 63.4 cm³/mol. The summed E-state index contributed by atoms with van der Waals surface area (Å²) in [7, 11) is 1.41. The molecule has 0 heterocycles. The number of carbonyl (C=O) groups excluding carboxylic acids is 2. The van der Waals surface area contributed by atoms with Gasteiger partial charge in [-0.3, -0.25) is 9.59 Å². The highest BCUT2D eigenvalue weighted by molar-refractivity contribution is 5.98. The molecule has 0 aliphatic carbocycles. The first-order valence-electron chi connectivity index (χ1n) is 5.10. The fraction of sp³-hybridized carbons (Fsp3) is 0.273. The van der Waals surface area contributed by atoms with Crippen molar-refractivity contribution in [2.24, 2.45) is 11.5 Å². The molecule has 0 radical (unpaired) electrons. The van der Waals surface area contributed by atoms with Crippen molar-refractivity contribution in [2.45, 2.75) is 6.04 Å². The molecule has 0 aromatic heterocycles. The predicted octanol–water partition coefficient (Wildman–Crippen LogP) is -0.163. The van der Waals surface area contributed by atoms with Gasteiger partial charge in [-0.15, -0.1) is 0 Å². The lowest BCUT2D eigenvalue weighted by molar-refractivity contribution is -0.118. The number of methoxy groups -OCH3 is 1. The number of hydrogen-bond donors (Lipinski definition) is 3. The molecule has 0 saturated carbocycles. The minimum Gasteiger partial charge on any atom is -0.383 e. The summed E-state index contributed by atoms with van der Waals surface area (Å²) in [5.41, 5.74) is 10.4. The van der Waals surface area contributed by atoms with Gasteiger partial charge >= 0.3 is 0 Å². The number of halogens is 1. The van der Waals surface area contributed by atoms with Gasteiger partial charge in [0.1, 0.15) is 11.9 Å². The van der Waals surface area contributed by atoms with Gasteiger partial charge < -0.3 is 21.5 Å². The second kappa shape index (κ2) is 6.08. The van der Waals surface area contributed by atoms with E-state index in [9.17, 15) is 14.0 Å². The Morgan fingerprint density at radius 1 is 1.50 bits per heavy atom. The van der Waals surface area contributed by atoms with Crippen molar-refractivity contribution < 1.29 is 18.7 Å². The monoisotopic (exact) mass is 255 g/mol. The first kappa shape index (κ1) is 14.1. The zero-order valence-electron chi connectivity index (χ0n) is 9.77. The fourth-order valence-corrected chi connectivity index (χ4v) is 1.28. The number of primary amides is 1. The van der Waals surface area contributed by atoms with E-state index in [1.54, 1.807) is 0 Å². The quantitative estimate of drug-likeness (QED) is 0.679. The Morgan fingerprint density at radius 2 is 2.17 bits per heavy atom. The van der Waals surface area contributed by atoms with Crippen molar-refractivity contribution in [3.63, 3.8) is 0 Å². The summed E-state index contributed by atoms with van der Waals surface area (Å²) in [6, 6.07) is 2.64. The van der Waals surface area contributed by atoms with Gasteiger partial charge in [-0.05, 0) is 18.2 Å². The topological polar surface area (TPSA) is 107 Å². The van der Waals surface area contributed by atoms with Crippen LogP contribution in [-0.2, 0) is 9.53 Å². The Labute approximate surface area is 103 Å². The number of anilines is 1. The average Bonchev–Trinajstić information content (AvgIpc) is 2.31. The molecule has 2 amide bonds. The molecule has 0 saturated heterocycles. The minimum absolute atomic E-state index is 0.0513.